The molecule has 3 rings (SSSR count). The monoisotopic (exact) mass is 405 g/mol. The molecule has 2 heterocycles. The first-order chi connectivity index (χ1) is 13.5. The molecule has 1 atom stereocenters. The van der Waals surface area contributed by atoms with Crippen molar-refractivity contribution < 1.29 is 14.3 Å². The Hall–Kier alpha value is -2.21. The summed E-state index contributed by atoms with van der Waals surface area (Å²) in [6.45, 7) is 7.06. The number of likely N-dealkylation sites (tertiary alicyclic amines) is 1. The average molecular weight is 406 g/mol. The molecule has 6 nitrogen and oxygen atoms in total. The molecule has 1 aromatic carbocycles. The van der Waals surface area contributed by atoms with Gasteiger partial charge in [-0.25, -0.2) is 0 Å². The number of H-pyrrole nitrogens is 1. The second kappa shape index (κ2) is 8.86. The van der Waals surface area contributed by atoms with E-state index in [4.69, 9.17) is 21.1 Å². The number of aromatic amines is 1. The molecule has 1 aliphatic rings. The molecule has 1 aliphatic heterocycles. The minimum absolute atomic E-state index is 0.00471. The summed E-state index contributed by atoms with van der Waals surface area (Å²) in [5, 5.41) is 7.78. The van der Waals surface area contributed by atoms with Crippen LogP contribution >= 0.6 is 11.6 Å². The van der Waals surface area contributed by atoms with Crippen LogP contribution in [-0.2, 0) is 0 Å². The van der Waals surface area contributed by atoms with E-state index in [1.54, 1.807) is 19.2 Å². The summed E-state index contributed by atoms with van der Waals surface area (Å²) in [5.41, 5.74) is 3.60. The van der Waals surface area contributed by atoms with Crippen LogP contribution in [0.15, 0.2) is 12.1 Å². The topological polar surface area (TPSA) is 67.5 Å². The summed E-state index contributed by atoms with van der Waals surface area (Å²) in [7, 11) is 1.55. The quantitative estimate of drug-likeness (QED) is 0.772. The minimum Gasteiger partial charge on any atom is -0.493 e. The number of ether oxygens (including phenoxy) is 2. The van der Waals surface area contributed by atoms with Crippen LogP contribution in [0, 0.1) is 13.8 Å². The average Bonchev–Trinajstić information content (AvgIpc) is 2.87. The maximum absolute atomic E-state index is 13.5. The Bertz CT molecular complexity index is 830. The number of carbonyl (C=O) groups is 1. The molecule has 0 saturated carbocycles. The van der Waals surface area contributed by atoms with Crippen LogP contribution in [0.25, 0.3) is 0 Å². The number of rotatable bonds is 5. The fourth-order valence-corrected chi connectivity index (χ4v) is 4.26. The highest BCUT2D eigenvalue weighted by Crippen LogP contribution is 2.39. The predicted octanol–water partition coefficient (Wildman–Crippen LogP) is 4.84. The minimum atomic E-state index is -0.0462. The lowest BCUT2D eigenvalue weighted by molar-refractivity contribution is 0.0679. The van der Waals surface area contributed by atoms with Crippen LogP contribution in [0.2, 0.25) is 5.02 Å². The van der Waals surface area contributed by atoms with Gasteiger partial charge in [0, 0.05) is 23.4 Å². The lowest BCUT2D eigenvalue weighted by atomic mass is 9.98. The molecule has 152 valence electrons. The van der Waals surface area contributed by atoms with E-state index in [2.05, 4.69) is 10.2 Å². The molecule has 0 spiro atoms. The largest absolute Gasteiger partial charge is 0.493 e. The lowest BCUT2D eigenvalue weighted by Crippen LogP contribution is -2.35. The molecule has 1 saturated heterocycles. The zero-order chi connectivity index (χ0) is 20.3. The van der Waals surface area contributed by atoms with Gasteiger partial charge < -0.3 is 14.4 Å². The van der Waals surface area contributed by atoms with Crippen LogP contribution in [0.3, 0.4) is 0 Å². The standard InChI is InChI=1S/C21H28ClN3O3/c1-5-28-20-16(22)11-15(12-18(20)27-4)21(26)25-10-8-6-7-9-17(25)19-13(2)23-24-14(19)3/h11-12,17H,5-10H2,1-4H3,(H,23,24). The van der Waals surface area contributed by atoms with E-state index in [9.17, 15) is 4.79 Å². The number of carbonyl (C=O) groups excluding carboxylic acids is 1. The van der Waals surface area contributed by atoms with Crippen molar-refractivity contribution in [2.75, 3.05) is 20.3 Å². The summed E-state index contributed by atoms with van der Waals surface area (Å²) in [6, 6.07) is 3.40. The van der Waals surface area contributed by atoms with E-state index in [0.717, 1.165) is 42.6 Å². The Morgan fingerprint density at radius 3 is 2.75 bits per heavy atom. The summed E-state index contributed by atoms with van der Waals surface area (Å²) in [4.78, 5) is 15.5. The number of nitrogens with zero attached hydrogens (tertiary/aromatic N) is 2. The van der Waals surface area contributed by atoms with Gasteiger partial charge in [0.15, 0.2) is 11.5 Å². The zero-order valence-corrected chi connectivity index (χ0v) is 17.7. The van der Waals surface area contributed by atoms with Crippen molar-refractivity contribution in [1.82, 2.24) is 15.1 Å². The van der Waals surface area contributed by atoms with Crippen molar-refractivity contribution in [2.24, 2.45) is 0 Å². The highest BCUT2D eigenvalue weighted by molar-refractivity contribution is 6.32. The Morgan fingerprint density at radius 2 is 2.11 bits per heavy atom. The highest BCUT2D eigenvalue weighted by Gasteiger charge is 2.31. The predicted molar refractivity (Wildman–Crippen MR) is 109 cm³/mol. The van der Waals surface area contributed by atoms with E-state index >= 15 is 0 Å². The number of aryl methyl sites for hydroxylation is 2. The highest BCUT2D eigenvalue weighted by atomic mass is 35.5. The molecule has 1 amide bonds. The Balaban J connectivity index is 2.00. The zero-order valence-electron chi connectivity index (χ0n) is 17.0. The second-order valence-corrected chi connectivity index (χ2v) is 7.54. The normalized spacial score (nSPS) is 17.3. The van der Waals surface area contributed by atoms with Gasteiger partial charge in [-0.1, -0.05) is 24.4 Å². The van der Waals surface area contributed by atoms with Crippen molar-refractivity contribution in [1.29, 1.82) is 0 Å². The number of aromatic nitrogens is 2. The lowest BCUT2D eigenvalue weighted by Gasteiger charge is -2.31. The van der Waals surface area contributed by atoms with Gasteiger partial charge in [-0.05, 0) is 45.7 Å². The van der Waals surface area contributed by atoms with Crippen LogP contribution in [0.1, 0.15) is 66.0 Å². The first kappa shape index (κ1) is 20.5. The van der Waals surface area contributed by atoms with E-state index in [0.29, 0.717) is 35.2 Å². The molecule has 2 aromatic rings. The summed E-state index contributed by atoms with van der Waals surface area (Å²) < 4.78 is 11.0. The van der Waals surface area contributed by atoms with Crippen molar-refractivity contribution in [3.8, 4) is 11.5 Å². The van der Waals surface area contributed by atoms with Crippen molar-refractivity contribution in [3.63, 3.8) is 0 Å². The van der Waals surface area contributed by atoms with Crippen LogP contribution < -0.4 is 9.47 Å². The van der Waals surface area contributed by atoms with E-state index in [1.807, 2.05) is 25.7 Å². The van der Waals surface area contributed by atoms with Crippen LogP contribution in [0.4, 0.5) is 0 Å². The molecular weight excluding hydrogens is 378 g/mol. The summed E-state index contributed by atoms with van der Waals surface area (Å²) in [5.74, 6) is 0.895. The SMILES string of the molecule is CCOc1c(Cl)cc(C(=O)N2CCCCCC2c2c(C)n[nH]c2C)cc1OC. The number of methoxy groups -OCH3 is 1. The molecule has 7 heteroatoms. The van der Waals surface area contributed by atoms with Crippen molar-refractivity contribution in [3.05, 3.63) is 39.7 Å². The molecule has 0 aliphatic carbocycles. The van der Waals surface area contributed by atoms with Crippen molar-refractivity contribution in [2.45, 2.75) is 52.5 Å². The van der Waals surface area contributed by atoms with Gasteiger partial charge in [-0.2, -0.15) is 5.10 Å². The number of halogens is 1. The van der Waals surface area contributed by atoms with Gasteiger partial charge in [-0.3, -0.25) is 9.89 Å². The third kappa shape index (κ3) is 3.97. The number of amides is 1. The first-order valence-corrected chi connectivity index (χ1v) is 10.2. The van der Waals surface area contributed by atoms with E-state index in [1.165, 1.54) is 0 Å². The molecule has 1 unspecified atom stereocenters. The van der Waals surface area contributed by atoms with Gasteiger partial charge in [0.2, 0.25) is 0 Å². The maximum atomic E-state index is 13.5. The smallest absolute Gasteiger partial charge is 0.254 e. The van der Waals surface area contributed by atoms with Crippen LogP contribution in [0.5, 0.6) is 11.5 Å². The number of hydrogen-bond donors (Lipinski definition) is 1. The van der Waals surface area contributed by atoms with Gasteiger partial charge in [-0.15, -0.1) is 0 Å². The fourth-order valence-electron chi connectivity index (χ4n) is 4.00. The fraction of sp³-hybridized carbons (Fsp3) is 0.524. The molecule has 1 fully saturated rings. The summed E-state index contributed by atoms with van der Waals surface area (Å²) >= 11 is 6.40. The molecule has 28 heavy (non-hydrogen) atoms. The van der Waals surface area contributed by atoms with Gasteiger partial charge in [0.1, 0.15) is 0 Å². The number of benzene rings is 1. The van der Waals surface area contributed by atoms with Crippen molar-refractivity contribution >= 4 is 17.5 Å². The third-order valence-electron chi connectivity index (χ3n) is 5.30. The Kier molecular flexibility index (Phi) is 6.50. The second-order valence-electron chi connectivity index (χ2n) is 7.13. The van der Waals surface area contributed by atoms with E-state index < -0.39 is 0 Å². The van der Waals surface area contributed by atoms with Gasteiger partial charge >= 0.3 is 0 Å². The van der Waals surface area contributed by atoms with Crippen LogP contribution in [-0.4, -0.2) is 41.3 Å². The molecule has 0 radical (unpaired) electrons. The molecular formula is C21H28ClN3O3. The molecule has 1 aromatic heterocycles. The Labute approximate surface area is 171 Å². The first-order valence-electron chi connectivity index (χ1n) is 9.80. The van der Waals surface area contributed by atoms with Gasteiger partial charge in [0.25, 0.3) is 5.91 Å². The molecule has 1 N–H and O–H groups in total. The number of nitrogens with one attached hydrogen (secondary N) is 1. The molecule has 0 bridgehead atoms. The third-order valence-corrected chi connectivity index (χ3v) is 5.58. The Morgan fingerprint density at radius 1 is 1.32 bits per heavy atom. The van der Waals surface area contributed by atoms with E-state index in [-0.39, 0.29) is 11.9 Å². The maximum Gasteiger partial charge on any atom is 0.254 e. The number of hydrogen-bond acceptors (Lipinski definition) is 4. The van der Waals surface area contributed by atoms with Gasteiger partial charge in [0.05, 0.1) is 30.5 Å². The summed E-state index contributed by atoms with van der Waals surface area (Å²) in [6.07, 6.45) is 4.12.